The second kappa shape index (κ2) is 5.43. The Hall–Kier alpha value is -1.84. The maximum absolute atomic E-state index is 12.4. The van der Waals surface area contributed by atoms with E-state index in [4.69, 9.17) is 5.11 Å². The number of hydrogen-bond acceptors (Lipinski definition) is 2. The highest BCUT2D eigenvalue weighted by Gasteiger charge is 2.38. The molecule has 1 atom stereocenters. The fourth-order valence-electron chi connectivity index (χ4n) is 2.16. The molecular weight excluding hydrogens is 242 g/mol. The van der Waals surface area contributed by atoms with Crippen LogP contribution in [-0.4, -0.2) is 34.0 Å². The Morgan fingerprint density at radius 3 is 2.32 bits per heavy atom. The van der Waals surface area contributed by atoms with E-state index in [0.717, 1.165) is 19.3 Å². The van der Waals surface area contributed by atoms with Crippen molar-refractivity contribution >= 4 is 11.9 Å². The summed E-state index contributed by atoms with van der Waals surface area (Å²) < 4.78 is 0. The smallest absolute Gasteiger partial charge is 0.326 e. The first-order valence-corrected chi connectivity index (χ1v) is 6.69. The third-order valence-electron chi connectivity index (χ3n) is 3.56. The lowest BCUT2D eigenvalue weighted by atomic mass is 10.1. The Bertz CT molecular complexity index is 477. The van der Waals surface area contributed by atoms with Crippen molar-refractivity contribution in [1.82, 2.24) is 4.90 Å². The molecule has 0 spiro atoms. The van der Waals surface area contributed by atoms with Crippen LogP contribution in [-0.2, 0) is 11.2 Å². The molecule has 1 N–H and O–H groups in total. The summed E-state index contributed by atoms with van der Waals surface area (Å²) >= 11 is 0. The van der Waals surface area contributed by atoms with Gasteiger partial charge in [-0.2, -0.15) is 0 Å². The van der Waals surface area contributed by atoms with Gasteiger partial charge in [0.2, 0.25) is 0 Å². The number of aliphatic carboxylic acids is 1. The fourth-order valence-corrected chi connectivity index (χ4v) is 2.16. The van der Waals surface area contributed by atoms with Crippen molar-refractivity contribution in [2.45, 2.75) is 45.2 Å². The van der Waals surface area contributed by atoms with Crippen LogP contribution in [0.15, 0.2) is 24.3 Å². The van der Waals surface area contributed by atoms with E-state index in [0.29, 0.717) is 5.56 Å². The summed E-state index contributed by atoms with van der Waals surface area (Å²) in [7, 11) is 0. The van der Waals surface area contributed by atoms with Gasteiger partial charge in [-0.3, -0.25) is 4.79 Å². The summed E-state index contributed by atoms with van der Waals surface area (Å²) in [6, 6.07) is 6.72. The number of carboxylic acids is 1. The van der Waals surface area contributed by atoms with Crippen molar-refractivity contribution in [2.24, 2.45) is 0 Å². The van der Waals surface area contributed by atoms with Crippen LogP contribution >= 0.6 is 0 Å². The minimum Gasteiger partial charge on any atom is -0.480 e. The number of carboxylic acid groups (broad SMARTS) is 1. The summed E-state index contributed by atoms with van der Waals surface area (Å²) in [6.45, 7) is 3.62. The Balaban J connectivity index is 2.21. The normalized spacial score (nSPS) is 15.9. The maximum Gasteiger partial charge on any atom is 0.326 e. The Morgan fingerprint density at radius 2 is 1.89 bits per heavy atom. The van der Waals surface area contributed by atoms with Crippen molar-refractivity contribution in [2.75, 3.05) is 0 Å². The van der Waals surface area contributed by atoms with Crippen molar-refractivity contribution in [3.63, 3.8) is 0 Å². The van der Waals surface area contributed by atoms with Gasteiger partial charge in [-0.25, -0.2) is 4.79 Å². The van der Waals surface area contributed by atoms with Gasteiger partial charge in [0, 0.05) is 11.6 Å². The monoisotopic (exact) mass is 261 g/mol. The molecule has 0 aliphatic heterocycles. The van der Waals surface area contributed by atoms with Crippen molar-refractivity contribution < 1.29 is 14.7 Å². The van der Waals surface area contributed by atoms with Gasteiger partial charge in [0.05, 0.1) is 0 Å². The maximum atomic E-state index is 12.4. The van der Waals surface area contributed by atoms with Gasteiger partial charge in [-0.15, -0.1) is 0 Å². The van der Waals surface area contributed by atoms with E-state index in [1.54, 1.807) is 19.1 Å². The van der Waals surface area contributed by atoms with Gasteiger partial charge < -0.3 is 10.0 Å². The number of nitrogens with zero attached hydrogens (tertiary/aromatic N) is 1. The number of benzene rings is 1. The molecule has 0 aromatic heterocycles. The average molecular weight is 261 g/mol. The predicted molar refractivity (Wildman–Crippen MR) is 72.1 cm³/mol. The Labute approximate surface area is 113 Å². The van der Waals surface area contributed by atoms with E-state index in [1.165, 1.54) is 10.5 Å². The molecule has 2 rings (SSSR count). The van der Waals surface area contributed by atoms with Crippen LogP contribution in [0.25, 0.3) is 0 Å². The van der Waals surface area contributed by atoms with Crippen molar-refractivity contribution in [3.8, 4) is 0 Å². The van der Waals surface area contributed by atoms with Crippen LogP contribution in [0.4, 0.5) is 0 Å². The lowest BCUT2D eigenvalue weighted by Gasteiger charge is -2.26. The molecule has 0 heterocycles. The minimum atomic E-state index is -0.953. The summed E-state index contributed by atoms with van der Waals surface area (Å²) in [6.07, 6.45) is 2.72. The lowest BCUT2D eigenvalue weighted by molar-refractivity contribution is -0.141. The summed E-state index contributed by atoms with van der Waals surface area (Å²) in [4.78, 5) is 25.1. The first-order chi connectivity index (χ1) is 9.04. The molecule has 1 aromatic rings. The molecule has 1 unspecified atom stereocenters. The van der Waals surface area contributed by atoms with Gasteiger partial charge >= 0.3 is 5.97 Å². The van der Waals surface area contributed by atoms with Gasteiger partial charge in [0.1, 0.15) is 6.04 Å². The summed E-state index contributed by atoms with van der Waals surface area (Å²) in [5.41, 5.74) is 1.73. The largest absolute Gasteiger partial charge is 0.480 e. The third-order valence-corrected chi connectivity index (χ3v) is 3.56. The van der Waals surface area contributed by atoms with E-state index in [2.05, 4.69) is 6.92 Å². The van der Waals surface area contributed by atoms with Crippen LogP contribution in [0.3, 0.4) is 0 Å². The average Bonchev–Trinajstić information content (AvgIpc) is 3.23. The van der Waals surface area contributed by atoms with Gasteiger partial charge in [0.25, 0.3) is 5.91 Å². The number of carbonyl (C=O) groups excluding carboxylic acids is 1. The van der Waals surface area contributed by atoms with E-state index in [9.17, 15) is 9.59 Å². The Kier molecular flexibility index (Phi) is 3.88. The SMILES string of the molecule is CCc1ccc(C(=O)N(C2CC2)C(C)C(=O)O)cc1. The highest BCUT2D eigenvalue weighted by atomic mass is 16.4. The molecule has 1 fully saturated rings. The van der Waals surface area contributed by atoms with Crippen LogP contribution in [0.1, 0.15) is 42.6 Å². The van der Waals surface area contributed by atoms with Crippen LogP contribution in [0, 0.1) is 0 Å². The molecule has 19 heavy (non-hydrogen) atoms. The summed E-state index contributed by atoms with van der Waals surface area (Å²) in [5.74, 6) is -1.13. The van der Waals surface area contributed by atoms with Crippen molar-refractivity contribution in [1.29, 1.82) is 0 Å². The van der Waals surface area contributed by atoms with E-state index < -0.39 is 12.0 Å². The van der Waals surface area contributed by atoms with Crippen LogP contribution in [0.2, 0.25) is 0 Å². The predicted octanol–water partition coefficient (Wildman–Crippen LogP) is 2.33. The van der Waals surface area contributed by atoms with E-state index in [1.807, 2.05) is 12.1 Å². The molecular formula is C15H19NO3. The first kappa shape index (κ1) is 13.6. The highest BCUT2D eigenvalue weighted by Crippen LogP contribution is 2.30. The van der Waals surface area contributed by atoms with Gasteiger partial charge in [-0.1, -0.05) is 19.1 Å². The molecule has 1 aromatic carbocycles. The second-order valence-electron chi connectivity index (χ2n) is 5.01. The van der Waals surface area contributed by atoms with Gasteiger partial charge in [0.15, 0.2) is 0 Å². The number of aryl methyl sites for hydroxylation is 1. The van der Waals surface area contributed by atoms with Gasteiger partial charge in [-0.05, 0) is 43.9 Å². The summed E-state index contributed by atoms with van der Waals surface area (Å²) in [5, 5.41) is 9.11. The van der Waals surface area contributed by atoms with Crippen LogP contribution in [0.5, 0.6) is 0 Å². The standard InChI is InChI=1S/C15H19NO3/c1-3-11-4-6-12(7-5-11)14(17)16(13-8-9-13)10(2)15(18)19/h4-7,10,13H,3,8-9H2,1-2H3,(H,18,19). The molecule has 0 saturated heterocycles. The molecule has 4 nitrogen and oxygen atoms in total. The zero-order valence-electron chi connectivity index (χ0n) is 11.3. The zero-order chi connectivity index (χ0) is 14.0. The molecule has 1 saturated carbocycles. The highest BCUT2D eigenvalue weighted by molar-refractivity contribution is 5.97. The third kappa shape index (κ3) is 2.95. The number of amides is 1. The molecule has 4 heteroatoms. The van der Waals surface area contributed by atoms with Crippen molar-refractivity contribution in [3.05, 3.63) is 35.4 Å². The first-order valence-electron chi connectivity index (χ1n) is 6.69. The topological polar surface area (TPSA) is 57.6 Å². The molecule has 0 radical (unpaired) electrons. The number of hydrogen-bond donors (Lipinski definition) is 1. The minimum absolute atomic E-state index is 0.0875. The zero-order valence-corrected chi connectivity index (χ0v) is 11.3. The second-order valence-corrected chi connectivity index (χ2v) is 5.01. The van der Waals surface area contributed by atoms with Crippen LogP contribution < -0.4 is 0 Å². The molecule has 1 amide bonds. The Morgan fingerprint density at radius 1 is 1.32 bits per heavy atom. The molecule has 1 aliphatic carbocycles. The number of carbonyl (C=O) groups is 2. The fraction of sp³-hybridized carbons (Fsp3) is 0.467. The van der Waals surface area contributed by atoms with E-state index >= 15 is 0 Å². The molecule has 1 aliphatic rings. The molecule has 0 bridgehead atoms. The molecule has 102 valence electrons. The quantitative estimate of drug-likeness (QED) is 0.885. The number of rotatable bonds is 5. The van der Waals surface area contributed by atoms with E-state index in [-0.39, 0.29) is 11.9 Å². The lowest BCUT2D eigenvalue weighted by Crippen LogP contribution is -2.44.